The van der Waals surface area contributed by atoms with Gasteiger partial charge in [0, 0.05) is 24.6 Å². The molecule has 3 nitrogen and oxygen atoms in total. The zero-order valence-electron chi connectivity index (χ0n) is 8.67. The molecular weight excluding hydrogens is 196 g/mol. The van der Waals surface area contributed by atoms with Crippen LogP contribution in [0.3, 0.4) is 0 Å². The number of ether oxygens (including phenoxy) is 1. The van der Waals surface area contributed by atoms with E-state index in [9.17, 15) is 0 Å². The molecule has 0 spiro atoms. The van der Waals surface area contributed by atoms with Gasteiger partial charge in [0.1, 0.15) is 0 Å². The monoisotopic (exact) mass is 212 g/mol. The maximum Gasteiger partial charge on any atom is 0.0901 e. The summed E-state index contributed by atoms with van der Waals surface area (Å²) in [5, 5.41) is 4.63. The number of hydrogen-bond acceptors (Lipinski definition) is 4. The van der Waals surface area contributed by atoms with Gasteiger partial charge >= 0.3 is 0 Å². The molecule has 0 bridgehead atoms. The van der Waals surface area contributed by atoms with E-state index >= 15 is 0 Å². The minimum Gasteiger partial charge on any atom is -0.378 e. The van der Waals surface area contributed by atoms with Crippen LogP contribution >= 0.6 is 11.3 Å². The summed E-state index contributed by atoms with van der Waals surface area (Å²) in [7, 11) is 1.72. The molecule has 1 fully saturated rings. The van der Waals surface area contributed by atoms with Gasteiger partial charge in [-0.2, -0.15) is 0 Å². The molecule has 1 aliphatic rings. The highest BCUT2D eigenvalue weighted by Crippen LogP contribution is 2.22. The standard InChI is InChI=1S/C10H16N2OS/c1-7-12-9(6-13-2)10(14-7)5-11-8-3-4-8/h8,11H,3-6H2,1-2H3. The van der Waals surface area contributed by atoms with Crippen molar-refractivity contribution in [2.24, 2.45) is 0 Å². The lowest BCUT2D eigenvalue weighted by molar-refractivity contribution is 0.181. The molecule has 1 heterocycles. The predicted molar refractivity (Wildman–Crippen MR) is 57.4 cm³/mol. The first-order valence-electron chi connectivity index (χ1n) is 4.97. The molecule has 0 aliphatic heterocycles. The summed E-state index contributed by atoms with van der Waals surface area (Å²) in [5.41, 5.74) is 1.10. The smallest absolute Gasteiger partial charge is 0.0901 e. The van der Waals surface area contributed by atoms with Gasteiger partial charge in [-0.25, -0.2) is 4.98 Å². The Morgan fingerprint density at radius 2 is 2.36 bits per heavy atom. The van der Waals surface area contributed by atoms with Gasteiger partial charge in [-0.05, 0) is 19.8 Å². The average molecular weight is 212 g/mol. The maximum atomic E-state index is 5.12. The average Bonchev–Trinajstić information content (AvgIpc) is 2.90. The number of aryl methyl sites for hydroxylation is 1. The van der Waals surface area contributed by atoms with Crippen LogP contribution < -0.4 is 5.32 Å². The van der Waals surface area contributed by atoms with Crippen LogP contribution in [0.2, 0.25) is 0 Å². The van der Waals surface area contributed by atoms with Gasteiger partial charge in [-0.1, -0.05) is 0 Å². The Morgan fingerprint density at radius 1 is 1.57 bits per heavy atom. The van der Waals surface area contributed by atoms with Crippen LogP contribution in [-0.2, 0) is 17.9 Å². The first-order chi connectivity index (χ1) is 6.79. The van der Waals surface area contributed by atoms with Gasteiger partial charge in [0.05, 0.1) is 17.3 Å². The number of aromatic nitrogens is 1. The molecule has 0 aromatic carbocycles. The molecule has 14 heavy (non-hydrogen) atoms. The largest absolute Gasteiger partial charge is 0.378 e. The third-order valence-electron chi connectivity index (χ3n) is 2.29. The maximum absolute atomic E-state index is 5.12. The van der Waals surface area contributed by atoms with E-state index in [1.54, 1.807) is 18.4 Å². The summed E-state index contributed by atoms with van der Waals surface area (Å²) in [6, 6.07) is 0.757. The highest BCUT2D eigenvalue weighted by molar-refractivity contribution is 7.11. The quantitative estimate of drug-likeness (QED) is 0.809. The number of thiazole rings is 1. The molecule has 2 rings (SSSR count). The zero-order chi connectivity index (χ0) is 9.97. The number of rotatable bonds is 5. The molecule has 0 amide bonds. The van der Waals surface area contributed by atoms with E-state index in [4.69, 9.17) is 4.74 Å². The van der Waals surface area contributed by atoms with Gasteiger partial charge in [-0.3, -0.25) is 0 Å². The Balaban J connectivity index is 1.97. The minimum absolute atomic E-state index is 0.631. The number of nitrogens with one attached hydrogen (secondary N) is 1. The highest BCUT2D eigenvalue weighted by atomic mass is 32.1. The van der Waals surface area contributed by atoms with Gasteiger partial charge in [0.25, 0.3) is 0 Å². The molecule has 0 radical (unpaired) electrons. The Bertz CT molecular complexity index is 307. The van der Waals surface area contributed by atoms with Crippen molar-refractivity contribution >= 4 is 11.3 Å². The Kier molecular flexibility index (Phi) is 3.15. The van der Waals surface area contributed by atoms with Gasteiger partial charge in [0.15, 0.2) is 0 Å². The molecule has 1 saturated carbocycles. The summed E-state index contributed by atoms with van der Waals surface area (Å²) in [6.07, 6.45) is 2.66. The van der Waals surface area contributed by atoms with Crippen LogP contribution in [0.4, 0.5) is 0 Å². The summed E-state index contributed by atoms with van der Waals surface area (Å²) >= 11 is 1.77. The van der Waals surface area contributed by atoms with E-state index in [1.807, 2.05) is 6.92 Å². The van der Waals surface area contributed by atoms with Crippen LogP contribution in [0.15, 0.2) is 0 Å². The van der Waals surface area contributed by atoms with Crippen molar-refractivity contribution in [2.75, 3.05) is 7.11 Å². The number of methoxy groups -OCH3 is 1. The predicted octanol–water partition coefficient (Wildman–Crippen LogP) is 1.85. The van der Waals surface area contributed by atoms with E-state index in [-0.39, 0.29) is 0 Å². The summed E-state index contributed by atoms with van der Waals surface area (Å²) < 4.78 is 5.12. The van der Waals surface area contributed by atoms with Gasteiger partial charge in [-0.15, -0.1) is 11.3 Å². The Hall–Kier alpha value is -0.450. The molecule has 1 aromatic heterocycles. The van der Waals surface area contributed by atoms with Crippen LogP contribution in [0.5, 0.6) is 0 Å². The van der Waals surface area contributed by atoms with E-state index < -0.39 is 0 Å². The Labute approximate surface area is 88.5 Å². The van der Waals surface area contributed by atoms with Crippen LogP contribution in [0, 0.1) is 6.92 Å². The molecule has 0 atom stereocenters. The van der Waals surface area contributed by atoms with E-state index in [0.29, 0.717) is 6.61 Å². The van der Waals surface area contributed by atoms with E-state index in [1.165, 1.54) is 17.7 Å². The molecule has 1 aromatic rings. The fourth-order valence-corrected chi connectivity index (χ4v) is 2.31. The third kappa shape index (κ3) is 2.53. The molecule has 1 aliphatic carbocycles. The number of hydrogen-bond donors (Lipinski definition) is 1. The van der Waals surface area contributed by atoms with Crippen molar-refractivity contribution < 1.29 is 4.74 Å². The lowest BCUT2D eigenvalue weighted by atomic mass is 10.3. The molecule has 4 heteroatoms. The Morgan fingerprint density at radius 3 is 3.00 bits per heavy atom. The third-order valence-corrected chi connectivity index (χ3v) is 3.31. The fraction of sp³-hybridized carbons (Fsp3) is 0.700. The second-order valence-electron chi connectivity index (χ2n) is 3.69. The van der Waals surface area contributed by atoms with E-state index in [0.717, 1.165) is 23.3 Å². The van der Waals surface area contributed by atoms with Crippen molar-refractivity contribution in [3.05, 3.63) is 15.6 Å². The van der Waals surface area contributed by atoms with Crippen molar-refractivity contribution in [2.45, 2.75) is 39.0 Å². The second kappa shape index (κ2) is 4.38. The number of nitrogens with zero attached hydrogens (tertiary/aromatic N) is 1. The first kappa shape index (κ1) is 10.1. The summed E-state index contributed by atoms with van der Waals surface area (Å²) in [5.74, 6) is 0. The lowest BCUT2D eigenvalue weighted by Crippen LogP contribution is -2.15. The topological polar surface area (TPSA) is 34.1 Å². The molecule has 1 N–H and O–H groups in total. The van der Waals surface area contributed by atoms with E-state index in [2.05, 4.69) is 10.3 Å². The normalized spacial score (nSPS) is 16.1. The minimum atomic E-state index is 0.631. The van der Waals surface area contributed by atoms with Crippen LogP contribution in [-0.4, -0.2) is 18.1 Å². The van der Waals surface area contributed by atoms with Crippen molar-refractivity contribution in [3.63, 3.8) is 0 Å². The van der Waals surface area contributed by atoms with Crippen molar-refractivity contribution in [1.82, 2.24) is 10.3 Å². The first-order valence-corrected chi connectivity index (χ1v) is 5.78. The summed E-state index contributed by atoms with van der Waals surface area (Å²) in [4.78, 5) is 5.78. The molecule has 78 valence electrons. The van der Waals surface area contributed by atoms with Crippen LogP contribution in [0.25, 0.3) is 0 Å². The lowest BCUT2D eigenvalue weighted by Gasteiger charge is -2.02. The SMILES string of the molecule is COCc1nc(C)sc1CNC1CC1. The summed E-state index contributed by atoms with van der Waals surface area (Å²) in [6.45, 7) is 3.63. The zero-order valence-corrected chi connectivity index (χ0v) is 9.49. The fourth-order valence-electron chi connectivity index (χ4n) is 1.42. The van der Waals surface area contributed by atoms with Gasteiger partial charge in [0.2, 0.25) is 0 Å². The molecule has 0 saturated heterocycles. The highest BCUT2D eigenvalue weighted by Gasteiger charge is 2.21. The molecule has 0 unspecified atom stereocenters. The van der Waals surface area contributed by atoms with Crippen molar-refractivity contribution in [3.8, 4) is 0 Å². The second-order valence-corrected chi connectivity index (χ2v) is 4.98. The van der Waals surface area contributed by atoms with Crippen LogP contribution in [0.1, 0.15) is 28.4 Å². The van der Waals surface area contributed by atoms with Crippen molar-refractivity contribution in [1.29, 1.82) is 0 Å². The van der Waals surface area contributed by atoms with Gasteiger partial charge < -0.3 is 10.1 Å². The molecular formula is C10H16N2OS.